The van der Waals surface area contributed by atoms with Gasteiger partial charge in [0.1, 0.15) is 0 Å². The molecule has 2 aromatic rings. The second-order valence-corrected chi connectivity index (χ2v) is 5.28. The molecule has 0 spiro atoms. The summed E-state index contributed by atoms with van der Waals surface area (Å²) < 4.78 is 0. The van der Waals surface area contributed by atoms with E-state index in [1.165, 1.54) is 11.1 Å². The molecular formula is C18H21ClN2. The van der Waals surface area contributed by atoms with Crippen LogP contribution in [0.4, 0.5) is 0 Å². The number of halogens is 1. The van der Waals surface area contributed by atoms with E-state index in [0.717, 1.165) is 24.7 Å². The van der Waals surface area contributed by atoms with Crippen molar-refractivity contribution in [2.75, 3.05) is 19.6 Å². The van der Waals surface area contributed by atoms with Crippen molar-refractivity contribution in [3.8, 4) is 0 Å². The van der Waals surface area contributed by atoms with Crippen LogP contribution in [0.25, 0.3) is 0 Å². The van der Waals surface area contributed by atoms with Crippen molar-refractivity contribution in [1.82, 2.24) is 10.6 Å². The molecule has 1 atom stereocenters. The predicted molar refractivity (Wildman–Crippen MR) is 90.8 cm³/mol. The van der Waals surface area contributed by atoms with Crippen LogP contribution in [0.1, 0.15) is 17.2 Å². The van der Waals surface area contributed by atoms with Gasteiger partial charge in [-0.15, -0.1) is 6.58 Å². The summed E-state index contributed by atoms with van der Waals surface area (Å²) in [5.74, 6) is 0. The third kappa shape index (κ3) is 5.01. The highest BCUT2D eigenvalue weighted by atomic mass is 35.5. The van der Waals surface area contributed by atoms with Gasteiger partial charge >= 0.3 is 0 Å². The molecule has 0 fully saturated rings. The topological polar surface area (TPSA) is 24.1 Å². The average molecular weight is 301 g/mol. The van der Waals surface area contributed by atoms with Gasteiger partial charge in [-0.1, -0.05) is 60.1 Å². The smallest absolute Gasteiger partial charge is 0.0577 e. The first-order valence-electron chi connectivity index (χ1n) is 7.16. The van der Waals surface area contributed by atoms with E-state index in [4.69, 9.17) is 11.6 Å². The lowest BCUT2D eigenvalue weighted by Crippen LogP contribution is -2.31. The van der Waals surface area contributed by atoms with Crippen LogP contribution in [0, 0.1) is 0 Å². The summed E-state index contributed by atoms with van der Waals surface area (Å²) in [6.45, 7) is 6.32. The first-order valence-corrected chi connectivity index (χ1v) is 7.54. The third-order valence-electron chi connectivity index (χ3n) is 3.28. The Kier molecular flexibility index (Phi) is 6.48. The second-order valence-electron chi connectivity index (χ2n) is 4.84. The van der Waals surface area contributed by atoms with E-state index in [1.807, 2.05) is 24.3 Å². The van der Waals surface area contributed by atoms with Gasteiger partial charge in [-0.2, -0.15) is 0 Å². The Hall–Kier alpha value is -1.61. The van der Waals surface area contributed by atoms with E-state index >= 15 is 0 Å². The molecule has 3 heteroatoms. The van der Waals surface area contributed by atoms with Crippen LogP contribution in [0.5, 0.6) is 0 Å². The van der Waals surface area contributed by atoms with Gasteiger partial charge in [0.05, 0.1) is 6.04 Å². The minimum Gasteiger partial charge on any atom is -0.312 e. The van der Waals surface area contributed by atoms with Gasteiger partial charge in [-0.3, -0.25) is 0 Å². The largest absolute Gasteiger partial charge is 0.312 e. The third-order valence-corrected chi connectivity index (χ3v) is 3.53. The van der Waals surface area contributed by atoms with Crippen molar-refractivity contribution >= 4 is 11.6 Å². The van der Waals surface area contributed by atoms with Crippen molar-refractivity contribution in [2.24, 2.45) is 0 Å². The summed E-state index contributed by atoms with van der Waals surface area (Å²) in [5.41, 5.74) is 2.47. The van der Waals surface area contributed by atoms with Crippen LogP contribution in [0.15, 0.2) is 67.3 Å². The molecular weight excluding hydrogens is 280 g/mol. The highest BCUT2D eigenvalue weighted by Crippen LogP contribution is 2.23. The quantitative estimate of drug-likeness (QED) is 0.572. The molecule has 2 rings (SSSR count). The van der Waals surface area contributed by atoms with Crippen LogP contribution in [-0.4, -0.2) is 19.6 Å². The van der Waals surface area contributed by atoms with E-state index in [9.17, 15) is 0 Å². The van der Waals surface area contributed by atoms with Crippen molar-refractivity contribution < 1.29 is 0 Å². The molecule has 2 aromatic carbocycles. The van der Waals surface area contributed by atoms with Gasteiger partial charge < -0.3 is 10.6 Å². The summed E-state index contributed by atoms with van der Waals surface area (Å²) in [6, 6.07) is 18.6. The predicted octanol–water partition coefficient (Wildman–Crippen LogP) is 3.79. The van der Waals surface area contributed by atoms with Crippen LogP contribution >= 0.6 is 11.6 Å². The van der Waals surface area contributed by atoms with Gasteiger partial charge in [0, 0.05) is 24.7 Å². The molecule has 0 bridgehead atoms. The minimum absolute atomic E-state index is 0.175. The van der Waals surface area contributed by atoms with Crippen LogP contribution in [0.2, 0.25) is 5.02 Å². The second kappa shape index (κ2) is 8.63. The summed E-state index contributed by atoms with van der Waals surface area (Å²) in [4.78, 5) is 0. The molecule has 0 aliphatic rings. The van der Waals surface area contributed by atoms with Crippen molar-refractivity contribution in [3.05, 3.63) is 83.4 Å². The lowest BCUT2D eigenvalue weighted by molar-refractivity contribution is 0.579. The molecule has 0 unspecified atom stereocenters. The van der Waals surface area contributed by atoms with E-state index < -0.39 is 0 Å². The average Bonchev–Trinajstić information content (AvgIpc) is 2.53. The van der Waals surface area contributed by atoms with Crippen molar-refractivity contribution in [1.29, 1.82) is 0 Å². The highest BCUT2D eigenvalue weighted by molar-refractivity contribution is 6.30. The first-order chi connectivity index (χ1) is 10.3. The fraction of sp³-hybridized carbons (Fsp3) is 0.222. The summed E-state index contributed by atoms with van der Waals surface area (Å²) >= 11 is 5.98. The number of hydrogen-bond acceptors (Lipinski definition) is 2. The summed E-state index contributed by atoms with van der Waals surface area (Å²) in [7, 11) is 0. The Morgan fingerprint density at radius 2 is 1.62 bits per heavy atom. The molecule has 0 saturated heterocycles. The lowest BCUT2D eigenvalue weighted by atomic mass is 9.99. The Morgan fingerprint density at radius 1 is 0.952 bits per heavy atom. The molecule has 0 aromatic heterocycles. The summed E-state index contributed by atoms with van der Waals surface area (Å²) in [5, 5.41) is 7.65. The first kappa shape index (κ1) is 15.8. The Balaban J connectivity index is 2.07. The molecule has 0 amide bonds. The van der Waals surface area contributed by atoms with Crippen LogP contribution in [-0.2, 0) is 0 Å². The van der Waals surface area contributed by atoms with Gasteiger partial charge in [-0.05, 0) is 23.3 Å². The van der Waals surface area contributed by atoms with E-state index in [-0.39, 0.29) is 6.04 Å². The number of hydrogen-bond donors (Lipinski definition) is 2. The number of rotatable bonds is 8. The number of benzene rings is 2. The zero-order valence-corrected chi connectivity index (χ0v) is 12.8. The molecule has 0 aliphatic carbocycles. The molecule has 0 radical (unpaired) electrons. The minimum atomic E-state index is 0.175. The monoisotopic (exact) mass is 300 g/mol. The van der Waals surface area contributed by atoms with Gasteiger partial charge in [0.15, 0.2) is 0 Å². The standard InChI is InChI=1S/C18H21ClN2/c1-2-12-20-13-14-21-18(15-6-4-3-5-7-15)16-8-10-17(19)11-9-16/h2-11,18,20-21H,1,12-14H2/t18-/m0/s1. The molecule has 0 saturated carbocycles. The van der Waals surface area contributed by atoms with E-state index in [0.29, 0.717) is 0 Å². The fourth-order valence-electron chi connectivity index (χ4n) is 2.24. The molecule has 0 heterocycles. The molecule has 2 N–H and O–H groups in total. The van der Waals surface area contributed by atoms with Crippen LogP contribution < -0.4 is 10.6 Å². The normalized spacial score (nSPS) is 12.0. The zero-order valence-electron chi connectivity index (χ0n) is 12.1. The molecule has 110 valence electrons. The maximum Gasteiger partial charge on any atom is 0.0577 e. The lowest BCUT2D eigenvalue weighted by Gasteiger charge is -2.20. The van der Waals surface area contributed by atoms with Crippen molar-refractivity contribution in [2.45, 2.75) is 6.04 Å². The maximum atomic E-state index is 5.98. The van der Waals surface area contributed by atoms with Gasteiger partial charge in [-0.25, -0.2) is 0 Å². The summed E-state index contributed by atoms with van der Waals surface area (Å²) in [6.07, 6.45) is 1.87. The Bertz CT molecular complexity index is 537. The Morgan fingerprint density at radius 3 is 2.29 bits per heavy atom. The van der Waals surface area contributed by atoms with Gasteiger partial charge in [0.25, 0.3) is 0 Å². The van der Waals surface area contributed by atoms with Crippen LogP contribution in [0.3, 0.4) is 0 Å². The number of nitrogens with one attached hydrogen (secondary N) is 2. The highest BCUT2D eigenvalue weighted by Gasteiger charge is 2.12. The maximum absolute atomic E-state index is 5.98. The fourth-order valence-corrected chi connectivity index (χ4v) is 2.36. The van der Waals surface area contributed by atoms with Gasteiger partial charge in [0.2, 0.25) is 0 Å². The molecule has 0 aliphatic heterocycles. The van der Waals surface area contributed by atoms with Crippen molar-refractivity contribution in [3.63, 3.8) is 0 Å². The molecule has 21 heavy (non-hydrogen) atoms. The Labute approximate surface area is 131 Å². The van der Waals surface area contributed by atoms with E-state index in [1.54, 1.807) is 0 Å². The molecule has 2 nitrogen and oxygen atoms in total. The van der Waals surface area contributed by atoms with E-state index in [2.05, 4.69) is 53.6 Å². The SMILES string of the molecule is C=CCNCCN[C@@H](c1ccccc1)c1ccc(Cl)cc1. The zero-order chi connectivity index (χ0) is 14.9.